The molecule has 2 aromatic rings. The number of pyridine rings is 1. The molecule has 1 amide bonds. The Balaban J connectivity index is 1.53. The topological polar surface area (TPSA) is 78.0 Å². The number of amides is 1. The lowest BCUT2D eigenvalue weighted by atomic mass is 10.1. The molecule has 0 bridgehead atoms. The number of hydrogen-bond donors (Lipinski definition) is 0. The molecule has 7 nitrogen and oxygen atoms in total. The highest BCUT2D eigenvalue weighted by molar-refractivity contribution is 5.80. The van der Waals surface area contributed by atoms with Gasteiger partial charge >= 0.3 is 0 Å². The maximum atomic E-state index is 12.5. The molecule has 142 valence electrons. The quantitative estimate of drug-likeness (QED) is 0.745. The molecule has 1 aromatic carbocycles. The molecule has 2 heterocycles. The van der Waals surface area contributed by atoms with E-state index in [9.17, 15) is 9.59 Å². The molecular formula is C20H22N2O5. The lowest BCUT2D eigenvalue weighted by molar-refractivity contribution is -0.143. The first-order valence-electron chi connectivity index (χ1n) is 8.80. The van der Waals surface area contributed by atoms with Gasteiger partial charge in [-0.05, 0) is 37.3 Å². The minimum absolute atomic E-state index is 0.0349. The smallest absolute Gasteiger partial charge is 0.260 e. The Bertz CT molecular complexity index is 764. The van der Waals surface area contributed by atoms with Crippen molar-refractivity contribution in [3.8, 4) is 17.4 Å². The Labute approximate surface area is 157 Å². The van der Waals surface area contributed by atoms with Crippen LogP contribution in [0.25, 0.3) is 0 Å². The van der Waals surface area contributed by atoms with E-state index in [0.29, 0.717) is 43.6 Å². The molecule has 0 saturated carbocycles. The van der Waals surface area contributed by atoms with E-state index in [1.807, 2.05) is 12.1 Å². The SMILES string of the molecule is CC(=O)CC1COCCN1C(=O)COc1ccc(Oc2ccccn2)cc1. The number of carbonyl (C=O) groups is 2. The van der Waals surface area contributed by atoms with Gasteiger partial charge in [0.1, 0.15) is 17.3 Å². The molecule has 7 heteroatoms. The number of nitrogens with zero attached hydrogens (tertiary/aromatic N) is 2. The predicted molar refractivity (Wildman–Crippen MR) is 97.9 cm³/mol. The molecule has 0 radical (unpaired) electrons. The van der Waals surface area contributed by atoms with Crippen molar-refractivity contribution < 1.29 is 23.8 Å². The fourth-order valence-electron chi connectivity index (χ4n) is 2.84. The van der Waals surface area contributed by atoms with Crippen molar-refractivity contribution >= 4 is 11.7 Å². The van der Waals surface area contributed by atoms with Gasteiger partial charge in [0.15, 0.2) is 6.61 Å². The largest absolute Gasteiger partial charge is 0.484 e. The minimum Gasteiger partial charge on any atom is -0.484 e. The number of morpholine rings is 1. The summed E-state index contributed by atoms with van der Waals surface area (Å²) in [6, 6.07) is 12.2. The molecule has 1 atom stereocenters. The van der Waals surface area contributed by atoms with Crippen LogP contribution in [0.1, 0.15) is 13.3 Å². The Morgan fingerprint density at radius 1 is 1.19 bits per heavy atom. The van der Waals surface area contributed by atoms with Crippen LogP contribution in [0.15, 0.2) is 48.7 Å². The van der Waals surface area contributed by atoms with Gasteiger partial charge in [-0.3, -0.25) is 9.59 Å². The normalized spacial score (nSPS) is 16.6. The molecule has 0 spiro atoms. The molecule has 0 aliphatic carbocycles. The van der Waals surface area contributed by atoms with Gasteiger partial charge < -0.3 is 19.1 Å². The first-order valence-corrected chi connectivity index (χ1v) is 8.80. The highest BCUT2D eigenvalue weighted by Gasteiger charge is 2.28. The first-order chi connectivity index (χ1) is 13.1. The molecule has 1 aliphatic heterocycles. The van der Waals surface area contributed by atoms with Gasteiger partial charge in [-0.1, -0.05) is 6.07 Å². The van der Waals surface area contributed by atoms with Gasteiger partial charge in [0.2, 0.25) is 5.88 Å². The lowest BCUT2D eigenvalue weighted by Gasteiger charge is -2.35. The van der Waals surface area contributed by atoms with Crippen LogP contribution in [0.5, 0.6) is 17.4 Å². The van der Waals surface area contributed by atoms with E-state index < -0.39 is 0 Å². The van der Waals surface area contributed by atoms with Crippen LogP contribution in [0.2, 0.25) is 0 Å². The molecule has 1 aromatic heterocycles. The average molecular weight is 370 g/mol. The maximum Gasteiger partial charge on any atom is 0.260 e. The molecule has 1 unspecified atom stereocenters. The third-order valence-electron chi connectivity index (χ3n) is 4.12. The highest BCUT2D eigenvalue weighted by Crippen LogP contribution is 2.22. The molecule has 3 rings (SSSR count). The van der Waals surface area contributed by atoms with Crippen LogP contribution >= 0.6 is 0 Å². The summed E-state index contributed by atoms with van der Waals surface area (Å²) in [6.07, 6.45) is 1.95. The van der Waals surface area contributed by atoms with E-state index in [4.69, 9.17) is 14.2 Å². The zero-order valence-electron chi connectivity index (χ0n) is 15.2. The highest BCUT2D eigenvalue weighted by atomic mass is 16.5. The van der Waals surface area contributed by atoms with Crippen LogP contribution in [0.3, 0.4) is 0 Å². The van der Waals surface area contributed by atoms with Crippen LogP contribution in [-0.4, -0.2) is 54.0 Å². The third-order valence-corrected chi connectivity index (χ3v) is 4.12. The average Bonchev–Trinajstić information content (AvgIpc) is 2.68. The zero-order valence-corrected chi connectivity index (χ0v) is 15.2. The van der Waals surface area contributed by atoms with Crippen LogP contribution in [0, 0.1) is 0 Å². The summed E-state index contributed by atoms with van der Waals surface area (Å²) in [7, 11) is 0. The molecule has 1 saturated heterocycles. The van der Waals surface area contributed by atoms with Crippen LogP contribution in [-0.2, 0) is 14.3 Å². The number of ether oxygens (including phenoxy) is 3. The molecule has 0 N–H and O–H groups in total. The van der Waals surface area contributed by atoms with E-state index in [0.717, 1.165) is 0 Å². The number of ketones is 1. The number of Topliss-reactive ketones (excluding diaryl/α,β-unsaturated/α-hetero) is 1. The predicted octanol–water partition coefficient (Wildman–Crippen LogP) is 2.46. The second-order valence-corrected chi connectivity index (χ2v) is 6.25. The fourth-order valence-corrected chi connectivity index (χ4v) is 2.84. The first kappa shape index (κ1) is 18.8. The Kier molecular flexibility index (Phi) is 6.38. The standard InChI is InChI=1S/C20H22N2O5/c1-15(23)12-16-13-25-11-10-22(16)20(24)14-26-17-5-7-18(8-6-17)27-19-4-2-3-9-21-19/h2-9,16H,10-14H2,1H3. The van der Waals surface area contributed by atoms with Crippen molar-refractivity contribution in [1.29, 1.82) is 0 Å². The summed E-state index contributed by atoms with van der Waals surface area (Å²) in [5.74, 6) is 1.58. The third kappa shape index (κ3) is 5.52. The van der Waals surface area contributed by atoms with Gasteiger partial charge in [0, 0.05) is 25.2 Å². The Hall–Kier alpha value is -2.93. The van der Waals surface area contributed by atoms with E-state index >= 15 is 0 Å². The number of carbonyl (C=O) groups excluding carboxylic acids is 2. The molecular weight excluding hydrogens is 348 g/mol. The fraction of sp³-hybridized carbons (Fsp3) is 0.350. The van der Waals surface area contributed by atoms with E-state index in [1.165, 1.54) is 6.92 Å². The minimum atomic E-state index is -0.221. The van der Waals surface area contributed by atoms with Gasteiger partial charge in [-0.15, -0.1) is 0 Å². The molecule has 1 fully saturated rings. The van der Waals surface area contributed by atoms with Gasteiger partial charge in [-0.2, -0.15) is 0 Å². The Morgan fingerprint density at radius 3 is 2.67 bits per heavy atom. The number of rotatable bonds is 7. The van der Waals surface area contributed by atoms with Crippen molar-refractivity contribution in [2.24, 2.45) is 0 Å². The van der Waals surface area contributed by atoms with Crippen molar-refractivity contribution in [3.05, 3.63) is 48.7 Å². The number of benzene rings is 1. The summed E-state index contributed by atoms with van der Waals surface area (Å²) < 4.78 is 16.6. The van der Waals surface area contributed by atoms with E-state index in [2.05, 4.69) is 4.98 Å². The van der Waals surface area contributed by atoms with Gasteiger partial charge in [-0.25, -0.2) is 4.98 Å². The molecule has 27 heavy (non-hydrogen) atoms. The second-order valence-electron chi connectivity index (χ2n) is 6.25. The van der Waals surface area contributed by atoms with Gasteiger partial charge in [0.05, 0.1) is 19.3 Å². The van der Waals surface area contributed by atoms with Gasteiger partial charge in [0.25, 0.3) is 5.91 Å². The van der Waals surface area contributed by atoms with Crippen molar-refractivity contribution in [3.63, 3.8) is 0 Å². The summed E-state index contributed by atoms with van der Waals surface area (Å²) in [5.41, 5.74) is 0. The second kappa shape index (κ2) is 9.14. The lowest BCUT2D eigenvalue weighted by Crippen LogP contribution is -2.50. The van der Waals surface area contributed by atoms with Crippen LogP contribution in [0.4, 0.5) is 0 Å². The van der Waals surface area contributed by atoms with Crippen LogP contribution < -0.4 is 9.47 Å². The number of aromatic nitrogens is 1. The van der Waals surface area contributed by atoms with E-state index in [-0.39, 0.29) is 24.3 Å². The van der Waals surface area contributed by atoms with Crippen molar-refractivity contribution in [2.45, 2.75) is 19.4 Å². The van der Waals surface area contributed by atoms with Crippen molar-refractivity contribution in [2.75, 3.05) is 26.4 Å². The molecule has 1 aliphatic rings. The zero-order chi connectivity index (χ0) is 19.1. The summed E-state index contributed by atoms with van der Waals surface area (Å²) in [5, 5.41) is 0. The number of hydrogen-bond acceptors (Lipinski definition) is 6. The maximum absolute atomic E-state index is 12.5. The summed E-state index contributed by atoms with van der Waals surface area (Å²) in [4.78, 5) is 29.6. The Morgan fingerprint density at radius 2 is 1.96 bits per heavy atom. The van der Waals surface area contributed by atoms with E-state index in [1.54, 1.807) is 41.4 Å². The van der Waals surface area contributed by atoms with Crippen molar-refractivity contribution in [1.82, 2.24) is 9.88 Å². The summed E-state index contributed by atoms with van der Waals surface area (Å²) in [6.45, 7) is 2.75. The summed E-state index contributed by atoms with van der Waals surface area (Å²) >= 11 is 0. The monoisotopic (exact) mass is 370 g/mol.